The quantitative estimate of drug-likeness (QED) is 0.742. The van der Waals surface area contributed by atoms with Gasteiger partial charge >= 0.3 is 6.18 Å². The van der Waals surface area contributed by atoms with E-state index in [1.165, 1.54) is 4.72 Å². The molecule has 0 radical (unpaired) electrons. The standard InChI is InChI=1S/C16H12F5NO5S/c1-26-12-4-3-8(16(19,20)21)5-14(12)27-13-7-10(17)9(6-11(13)18)15(23)22-28(2,24)25/h3-7H,1-2H3,(H,22,23). The Morgan fingerprint density at radius 1 is 1.00 bits per heavy atom. The minimum atomic E-state index is -4.72. The Hall–Kier alpha value is -2.89. The normalized spacial score (nSPS) is 11.8. The van der Waals surface area contributed by atoms with Crippen LogP contribution >= 0.6 is 0 Å². The molecule has 0 fully saturated rings. The predicted molar refractivity (Wildman–Crippen MR) is 86.7 cm³/mol. The van der Waals surface area contributed by atoms with Crippen molar-refractivity contribution in [3.05, 3.63) is 53.1 Å². The molecule has 6 nitrogen and oxygen atoms in total. The maximum absolute atomic E-state index is 14.2. The van der Waals surface area contributed by atoms with E-state index in [1.807, 2.05) is 0 Å². The van der Waals surface area contributed by atoms with Crippen molar-refractivity contribution in [2.75, 3.05) is 13.4 Å². The first kappa shape index (κ1) is 21.4. The number of benzene rings is 2. The summed E-state index contributed by atoms with van der Waals surface area (Å²) < 4.78 is 100. The summed E-state index contributed by atoms with van der Waals surface area (Å²) in [5.74, 6) is -5.69. The van der Waals surface area contributed by atoms with Crippen LogP contribution < -0.4 is 14.2 Å². The number of amides is 1. The zero-order chi connectivity index (χ0) is 21.3. The van der Waals surface area contributed by atoms with Gasteiger partial charge in [0, 0.05) is 6.07 Å². The molecule has 0 atom stereocenters. The fourth-order valence-corrected chi connectivity index (χ4v) is 2.50. The Balaban J connectivity index is 2.43. The third-order valence-electron chi connectivity index (χ3n) is 3.26. The number of ether oxygens (including phenoxy) is 2. The van der Waals surface area contributed by atoms with E-state index < -0.39 is 56.4 Å². The molecule has 0 saturated carbocycles. The van der Waals surface area contributed by atoms with E-state index in [0.29, 0.717) is 30.5 Å². The van der Waals surface area contributed by atoms with Crippen LogP contribution in [0.25, 0.3) is 0 Å². The number of halogens is 5. The molecule has 0 aliphatic rings. The second kappa shape index (κ2) is 7.62. The van der Waals surface area contributed by atoms with Crippen LogP contribution in [0.4, 0.5) is 22.0 Å². The number of methoxy groups -OCH3 is 1. The van der Waals surface area contributed by atoms with Crippen LogP contribution in [0.3, 0.4) is 0 Å². The first-order valence-electron chi connectivity index (χ1n) is 7.26. The Morgan fingerprint density at radius 3 is 2.18 bits per heavy atom. The third-order valence-corrected chi connectivity index (χ3v) is 3.81. The minimum absolute atomic E-state index is 0.188. The van der Waals surface area contributed by atoms with E-state index in [1.54, 1.807) is 0 Å². The molecular weight excluding hydrogens is 413 g/mol. The van der Waals surface area contributed by atoms with E-state index in [0.717, 1.165) is 13.2 Å². The Labute approximate surface area is 155 Å². The lowest BCUT2D eigenvalue weighted by Crippen LogP contribution is -2.30. The van der Waals surface area contributed by atoms with Gasteiger partial charge in [-0.1, -0.05) is 0 Å². The molecule has 152 valence electrons. The van der Waals surface area contributed by atoms with Gasteiger partial charge in [-0.15, -0.1) is 0 Å². The lowest BCUT2D eigenvalue weighted by atomic mass is 10.1. The smallest absolute Gasteiger partial charge is 0.416 e. The van der Waals surface area contributed by atoms with Crippen molar-refractivity contribution in [1.29, 1.82) is 0 Å². The van der Waals surface area contributed by atoms with Crippen molar-refractivity contribution in [3.63, 3.8) is 0 Å². The largest absolute Gasteiger partial charge is 0.493 e. The average Bonchev–Trinajstić information content (AvgIpc) is 2.55. The van der Waals surface area contributed by atoms with Gasteiger partial charge in [0.25, 0.3) is 5.91 Å². The summed E-state index contributed by atoms with van der Waals surface area (Å²) in [7, 11) is -2.90. The lowest BCUT2D eigenvalue weighted by Gasteiger charge is -2.14. The van der Waals surface area contributed by atoms with Gasteiger partial charge in [-0.25, -0.2) is 21.9 Å². The summed E-state index contributed by atoms with van der Waals surface area (Å²) in [6.07, 6.45) is -4.08. The number of hydrogen-bond acceptors (Lipinski definition) is 5. The van der Waals surface area contributed by atoms with E-state index >= 15 is 0 Å². The van der Waals surface area contributed by atoms with Crippen LogP contribution in [0.2, 0.25) is 0 Å². The highest BCUT2D eigenvalue weighted by Gasteiger charge is 2.32. The van der Waals surface area contributed by atoms with E-state index in [-0.39, 0.29) is 5.75 Å². The molecule has 0 unspecified atom stereocenters. The van der Waals surface area contributed by atoms with Crippen LogP contribution in [-0.4, -0.2) is 27.7 Å². The van der Waals surface area contributed by atoms with Crippen LogP contribution in [-0.2, 0) is 16.2 Å². The molecule has 0 aromatic heterocycles. The van der Waals surface area contributed by atoms with Crippen LogP contribution in [0.1, 0.15) is 15.9 Å². The topological polar surface area (TPSA) is 81.7 Å². The minimum Gasteiger partial charge on any atom is -0.493 e. The summed E-state index contributed by atoms with van der Waals surface area (Å²) in [6.45, 7) is 0. The van der Waals surface area contributed by atoms with Gasteiger partial charge in [0.05, 0.1) is 24.5 Å². The molecule has 1 N–H and O–H groups in total. The Morgan fingerprint density at radius 2 is 1.64 bits per heavy atom. The molecule has 0 aliphatic heterocycles. The number of alkyl halides is 3. The Kier molecular flexibility index (Phi) is 5.83. The highest BCUT2D eigenvalue weighted by atomic mass is 32.2. The zero-order valence-electron chi connectivity index (χ0n) is 14.2. The number of carbonyl (C=O) groups is 1. The van der Waals surface area contributed by atoms with Gasteiger partial charge in [0.15, 0.2) is 23.1 Å². The van der Waals surface area contributed by atoms with Crippen molar-refractivity contribution in [3.8, 4) is 17.2 Å². The molecule has 12 heteroatoms. The van der Waals surface area contributed by atoms with Gasteiger partial charge in [0.2, 0.25) is 10.0 Å². The molecule has 28 heavy (non-hydrogen) atoms. The fraction of sp³-hybridized carbons (Fsp3) is 0.188. The van der Waals surface area contributed by atoms with Crippen molar-refractivity contribution in [2.45, 2.75) is 6.18 Å². The molecule has 0 aliphatic carbocycles. The fourth-order valence-electron chi connectivity index (χ4n) is 2.06. The number of hydrogen-bond donors (Lipinski definition) is 1. The molecule has 2 aromatic carbocycles. The van der Waals surface area contributed by atoms with Gasteiger partial charge in [-0.3, -0.25) is 4.79 Å². The summed E-state index contributed by atoms with van der Waals surface area (Å²) in [5.41, 5.74) is -2.06. The molecule has 0 heterocycles. The van der Waals surface area contributed by atoms with E-state index in [4.69, 9.17) is 9.47 Å². The van der Waals surface area contributed by atoms with Crippen molar-refractivity contribution in [1.82, 2.24) is 4.72 Å². The maximum Gasteiger partial charge on any atom is 0.416 e. The maximum atomic E-state index is 14.2. The SMILES string of the molecule is COc1ccc(C(F)(F)F)cc1Oc1cc(F)c(C(=O)NS(C)(=O)=O)cc1F. The van der Waals surface area contributed by atoms with Gasteiger partial charge < -0.3 is 9.47 Å². The van der Waals surface area contributed by atoms with E-state index in [9.17, 15) is 35.2 Å². The molecule has 2 aromatic rings. The third kappa shape index (κ3) is 5.09. The van der Waals surface area contributed by atoms with Crippen LogP contribution in [0, 0.1) is 11.6 Å². The molecule has 2 rings (SSSR count). The number of rotatable bonds is 5. The van der Waals surface area contributed by atoms with E-state index in [2.05, 4.69) is 0 Å². The van der Waals surface area contributed by atoms with Gasteiger partial charge in [-0.05, 0) is 24.3 Å². The first-order valence-corrected chi connectivity index (χ1v) is 9.15. The highest BCUT2D eigenvalue weighted by Crippen LogP contribution is 2.39. The lowest BCUT2D eigenvalue weighted by molar-refractivity contribution is -0.137. The van der Waals surface area contributed by atoms with Crippen molar-refractivity contribution < 1.29 is 44.6 Å². The second-order valence-corrected chi connectivity index (χ2v) is 7.18. The van der Waals surface area contributed by atoms with Gasteiger partial charge in [-0.2, -0.15) is 13.2 Å². The molecular formula is C16H12F5NO5S. The zero-order valence-corrected chi connectivity index (χ0v) is 15.0. The van der Waals surface area contributed by atoms with Crippen LogP contribution in [0.5, 0.6) is 17.2 Å². The summed E-state index contributed by atoms with van der Waals surface area (Å²) in [4.78, 5) is 11.7. The van der Waals surface area contributed by atoms with Crippen LogP contribution in [0.15, 0.2) is 30.3 Å². The van der Waals surface area contributed by atoms with Gasteiger partial charge in [0.1, 0.15) is 5.82 Å². The molecule has 0 spiro atoms. The predicted octanol–water partition coefficient (Wildman–Crippen LogP) is 3.47. The number of sulfonamides is 1. The summed E-state index contributed by atoms with van der Waals surface area (Å²) in [5, 5.41) is 0. The highest BCUT2D eigenvalue weighted by molar-refractivity contribution is 7.89. The monoisotopic (exact) mass is 425 g/mol. The summed E-state index contributed by atoms with van der Waals surface area (Å²) >= 11 is 0. The average molecular weight is 425 g/mol. The number of carbonyl (C=O) groups excluding carboxylic acids is 1. The molecule has 0 bridgehead atoms. The molecule has 0 saturated heterocycles. The molecule has 1 amide bonds. The summed E-state index contributed by atoms with van der Waals surface area (Å²) in [6, 6.07) is 2.92. The number of nitrogens with one attached hydrogen (secondary N) is 1. The van der Waals surface area contributed by atoms with Crippen molar-refractivity contribution in [2.24, 2.45) is 0 Å². The Bertz CT molecular complexity index is 1020. The second-order valence-electron chi connectivity index (χ2n) is 5.43. The first-order chi connectivity index (χ1) is 12.8. The van der Waals surface area contributed by atoms with Crippen molar-refractivity contribution >= 4 is 15.9 Å².